The smallest absolute Gasteiger partial charge is 0.222 e. The molecule has 0 aromatic heterocycles. The molecule has 0 atom stereocenters. The minimum absolute atomic E-state index is 0.0284. The van der Waals surface area contributed by atoms with Crippen LogP contribution in [0.5, 0.6) is 0 Å². The van der Waals surface area contributed by atoms with E-state index in [0.29, 0.717) is 19.4 Å². The Morgan fingerprint density at radius 2 is 1.87 bits per heavy atom. The van der Waals surface area contributed by atoms with Crippen LogP contribution in [0.25, 0.3) is 0 Å². The first-order valence-electron chi connectivity index (χ1n) is 8.29. The first-order chi connectivity index (χ1) is 11.2. The minimum Gasteiger partial charge on any atom is -0.384 e. The highest BCUT2D eigenvalue weighted by atomic mass is 16.5. The van der Waals surface area contributed by atoms with Gasteiger partial charge in [-0.3, -0.25) is 9.59 Å². The molecule has 5 heteroatoms. The van der Waals surface area contributed by atoms with E-state index in [9.17, 15) is 9.59 Å². The van der Waals surface area contributed by atoms with Gasteiger partial charge in [0.05, 0.1) is 6.61 Å². The number of amides is 2. The van der Waals surface area contributed by atoms with Crippen molar-refractivity contribution in [2.75, 3.05) is 26.8 Å². The Bertz CT molecular complexity index is 496. The first kappa shape index (κ1) is 17.5. The summed E-state index contributed by atoms with van der Waals surface area (Å²) < 4.78 is 4.90. The summed E-state index contributed by atoms with van der Waals surface area (Å²) in [6.07, 6.45) is 3.39. The summed E-state index contributed by atoms with van der Waals surface area (Å²) in [5.74, 6) is 0.235. The summed E-state index contributed by atoms with van der Waals surface area (Å²) in [6.45, 7) is 1.90. The third-order valence-corrected chi connectivity index (χ3v) is 4.22. The molecule has 1 aliphatic heterocycles. The van der Waals surface area contributed by atoms with Gasteiger partial charge in [-0.1, -0.05) is 30.3 Å². The number of hydrogen-bond acceptors (Lipinski definition) is 3. The number of benzene rings is 1. The number of aryl methyl sites for hydroxylation is 1. The molecule has 2 rings (SSSR count). The number of hydrogen-bond donors (Lipinski definition) is 1. The summed E-state index contributed by atoms with van der Waals surface area (Å²) in [4.78, 5) is 25.9. The molecule has 2 amide bonds. The maximum absolute atomic E-state index is 12.3. The molecule has 0 spiro atoms. The quantitative estimate of drug-likeness (QED) is 0.833. The van der Waals surface area contributed by atoms with Gasteiger partial charge in [0.15, 0.2) is 0 Å². The predicted octanol–water partition coefficient (Wildman–Crippen LogP) is 1.76. The maximum atomic E-state index is 12.3. The van der Waals surface area contributed by atoms with Crippen LogP contribution in [0.3, 0.4) is 0 Å². The number of piperidine rings is 1. The van der Waals surface area contributed by atoms with Crippen LogP contribution in [0.4, 0.5) is 0 Å². The molecule has 0 radical (unpaired) electrons. The lowest BCUT2D eigenvalue weighted by Crippen LogP contribution is -2.46. The molecule has 1 fully saturated rings. The summed E-state index contributed by atoms with van der Waals surface area (Å²) in [6, 6.07) is 10.3. The highest BCUT2D eigenvalue weighted by Gasteiger charge is 2.23. The fourth-order valence-electron chi connectivity index (χ4n) is 2.82. The van der Waals surface area contributed by atoms with Gasteiger partial charge in [-0.2, -0.15) is 0 Å². The van der Waals surface area contributed by atoms with Crippen LogP contribution in [0.15, 0.2) is 30.3 Å². The third kappa shape index (κ3) is 6.02. The zero-order valence-corrected chi connectivity index (χ0v) is 13.8. The second-order valence-electron chi connectivity index (χ2n) is 5.95. The highest BCUT2D eigenvalue weighted by molar-refractivity contribution is 5.77. The molecule has 126 valence electrons. The second-order valence-corrected chi connectivity index (χ2v) is 5.95. The molecular formula is C18H26N2O3. The van der Waals surface area contributed by atoms with Crippen molar-refractivity contribution in [3.05, 3.63) is 35.9 Å². The summed E-state index contributed by atoms with van der Waals surface area (Å²) in [5.41, 5.74) is 1.20. The van der Waals surface area contributed by atoms with Crippen LogP contribution in [0.1, 0.15) is 31.2 Å². The molecule has 1 aliphatic rings. The summed E-state index contributed by atoms with van der Waals surface area (Å²) in [5, 5.41) is 3.01. The van der Waals surface area contributed by atoms with E-state index in [0.717, 1.165) is 32.4 Å². The molecule has 0 saturated carbocycles. The van der Waals surface area contributed by atoms with E-state index < -0.39 is 0 Å². The second kappa shape index (κ2) is 9.30. The average Bonchev–Trinajstić information content (AvgIpc) is 2.59. The normalized spacial score (nSPS) is 15.4. The van der Waals surface area contributed by atoms with E-state index in [1.807, 2.05) is 23.1 Å². The lowest BCUT2D eigenvalue weighted by Gasteiger charge is -2.32. The molecule has 23 heavy (non-hydrogen) atoms. The number of carbonyl (C=O) groups is 2. The van der Waals surface area contributed by atoms with Crippen molar-refractivity contribution in [2.45, 2.75) is 38.1 Å². The minimum atomic E-state index is 0.0284. The Morgan fingerprint density at radius 3 is 2.52 bits per heavy atom. The molecule has 1 heterocycles. The zero-order valence-electron chi connectivity index (χ0n) is 13.8. The fraction of sp³-hybridized carbons (Fsp3) is 0.556. The fourth-order valence-corrected chi connectivity index (χ4v) is 2.82. The Balaban J connectivity index is 1.67. The Kier molecular flexibility index (Phi) is 7.07. The average molecular weight is 318 g/mol. The third-order valence-electron chi connectivity index (χ3n) is 4.22. The molecule has 0 bridgehead atoms. The van der Waals surface area contributed by atoms with Gasteiger partial charge in [-0.15, -0.1) is 0 Å². The number of rotatable bonds is 7. The van der Waals surface area contributed by atoms with Crippen LogP contribution in [0.2, 0.25) is 0 Å². The number of nitrogens with one attached hydrogen (secondary N) is 1. The molecule has 0 unspecified atom stereocenters. The number of methoxy groups -OCH3 is 1. The largest absolute Gasteiger partial charge is 0.384 e. The van der Waals surface area contributed by atoms with Gasteiger partial charge in [0.1, 0.15) is 0 Å². The molecular weight excluding hydrogens is 292 g/mol. The molecule has 1 saturated heterocycles. The maximum Gasteiger partial charge on any atom is 0.222 e. The van der Waals surface area contributed by atoms with Crippen LogP contribution in [0, 0.1) is 0 Å². The van der Waals surface area contributed by atoms with Crippen molar-refractivity contribution in [1.29, 1.82) is 0 Å². The number of likely N-dealkylation sites (tertiary alicyclic amines) is 1. The molecule has 1 aromatic rings. The van der Waals surface area contributed by atoms with E-state index in [1.165, 1.54) is 5.56 Å². The van der Waals surface area contributed by atoms with Crippen molar-refractivity contribution in [3.63, 3.8) is 0 Å². The van der Waals surface area contributed by atoms with Gasteiger partial charge in [0, 0.05) is 39.1 Å². The summed E-state index contributed by atoms with van der Waals surface area (Å²) in [7, 11) is 1.59. The van der Waals surface area contributed by atoms with Crippen molar-refractivity contribution < 1.29 is 14.3 Å². The van der Waals surface area contributed by atoms with E-state index in [-0.39, 0.29) is 17.9 Å². The standard InChI is InChI=1S/C18H26N2O3/c1-23-14-11-17(21)19-16-9-12-20(13-10-16)18(22)8-7-15-5-3-2-4-6-15/h2-6,16H,7-14H2,1H3,(H,19,21). The first-order valence-corrected chi connectivity index (χ1v) is 8.29. The van der Waals surface area contributed by atoms with Crippen molar-refractivity contribution in [3.8, 4) is 0 Å². The van der Waals surface area contributed by atoms with Crippen LogP contribution >= 0.6 is 0 Å². The zero-order chi connectivity index (χ0) is 16.5. The highest BCUT2D eigenvalue weighted by Crippen LogP contribution is 2.13. The van der Waals surface area contributed by atoms with E-state index in [4.69, 9.17) is 4.74 Å². The SMILES string of the molecule is COCCC(=O)NC1CCN(C(=O)CCc2ccccc2)CC1. The van der Waals surface area contributed by atoms with Gasteiger partial charge in [-0.05, 0) is 24.8 Å². The topological polar surface area (TPSA) is 58.6 Å². The summed E-state index contributed by atoms with van der Waals surface area (Å²) >= 11 is 0. The van der Waals surface area contributed by atoms with Crippen molar-refractivity contribution >= 4 is 11.8 Å². The number of ether oxygens (including phenoxy) is 1. The molecule has 0 aliphatic carbocycles. The van der Waals surface area contributed by atoms with Gasteiger partial charge in [-0.25, -0.2) is 0 Å². The number of nitrogens with zero attached hydrogens (tertiary/aromatic N) is 1. The Morgan fingerprint density at radius 1 is 1.17 bits per heavy atom. The van der Waals surface area contributed by atoms with Gasteiger partial charge < -0.3 is 15.0 Å². The molecule has 1 aromatic carbocycles. The molecule has 1 N–H and O–H groups in total. The van der Waals surface area contributed by atoms with Crippen LogP contribution in [-0.4, -0.2) is 49.6 Å². The van der Waals surface area contributed by atoms with Crippen molar-refractivity contribution in [1.82, 2.24) is 10.2 Å². The van der Waals surface area contributed by atoms with Crippen LogP contribution in [-0.2, 0) is 20.7 Å². The van der Waals surface area contributed by atoms with E-state index in [1.54, 1.807) is 7.11 Å². The lowest BCUT2D eigenvalue weighted by molar-refractivity contribution is -0.132. The molecule has 5 nitrogen and oxygen atoms in total. The van der Waals surface area contributed by atoms with Gasteiger partial charge >= 0.3 is 0 Å². The monoisotopic (exact) mass is 318 g/mol. The van der Waals surface area contributed by atoms with E-state index in [2.05, 4.69) is 17.4 Å². The Hall–Kier alpha value is -1.88. The van der Waals surface area contributed by atoms with E-state index >= 15 is 0 Å². The van der Waals surface area contributed by atoms with Gasteiger partial charge in [0.2, 0.25) is 11.8 Å². The van der Waals surface area contributed by atoms with Gasteiger partial charge in [0.25, 0.3) is 0 Å². The number of carbonyl (C=O) groups excluding carboxylic acids is 2. The lowest BCUT2D eigenvalue weighted by atomic mass is 10.0. The Labute approximate surface area is 138 Å². The van der Waals surface area contributed by atoms with Crippen molar-refractivity contribution in [2.24, 2.45) is 0 Å². The van der Waals surface area contributed by atoms with Crippen LogP contribution < -0.4 is 5.32 Å². The predicted molar refractivity (Wildman–Crippen MR) is 89.0 cm³/mol.